The average molecular weight is 310 g/mol. The molecule has 1 amide bonds. The molecule has 2 rings (SSSR count). The normalized spacial score (nSPS) is 10.2. The molecule has 104 valence electrons. The molecular weight excluding hydrogens is 297 g/mol. The third kappa shape index (κ3) is 3.89. The van der Waals surface area contributed by atoms with Crippen LogP contribution in [0.3, 0.4) is 0 Å². The van der Waals surface area contributed by atoms with Crippen LogP contribution in [0.25, 0.3) is 0 Å². The van der Waals surface area contributed by atoms with Gasteiger partial charge in [0.2, 0.25) is 0 Å². The van der Waals surface area contributed by atoms with Crippen LogP contribution in [0.1, 0.15) is 5.56 Å². The molecule has 0 fully saturated rings. The van der Waals surface area contributed by atoms with Gasteiger partial charge in [-0.1, -0.05) is 41.4 Å². The summed E-state index contributed by atoms with van der Waals surface area (Å²) in [5.74, 6) is 0.0433. The fourth-order valence-electron chi connectivity index (χ4n) is 1.68. The maximum Gasteiger partial charge on any atom is 0.262 e. The van der Waals surface area contributed by atoms with Crippen molar-refractivity contribution in [1.82, 2.24) is 0 Å². The van der Waals surface area contributed by atoms with Crippen molar-refractivity contribution in [2.24, 2.45) is 0 Å². The fourth-order valence-corrected chi connectivity index (χ4v) is 2.18. The highest BCUT2D eigenvalue weighted by Crippen LogP contribution is 2.32. The zero-order valence-electron chi connectivity index (χ0n) is 10.8. The Bertz CT molecular complexity index is 609. The standard InChI is InChI=1S/C15H13Cl2NO2/c1-10-4-2-5-11(8-10)18-14(19)9-20-15-12(16)6-3-7-13(15)17/h2-8H,9H2,1H3,(H,18,19). The maximum atomic E-state index is 11.8. The van der Waals surface area contributed by atoms with E-state index >= 15 is 0 Å². The van der Waals surface area contributed by atoms with Gasteiger partial charge in [0.25, 0.3) is 5.91 Å². The van der Waals surface area contributed by atoms with E-state index in [1.165, 1.54) is 0 Å². The molecule has 0 aliphatic heterocycles. The Morgan fingerprint density at radius 2 is 1.80 bits per heavy atom. The number of rotatable bonds is 4. The number of carbonyl (C=O) groups excluding carboxylic acids is 1. The van der Waals surface area contributed by atoms with E-state index < -0.39 is 0 Å². The van der Waals surface area contributed by atoms with E-state index in [1.807, 2.05) is 31.2 Å². The minimum Gasteiger partial charge on any atom is -0.481 e. The molecule has 0 bridgehead atoms. The van der Waals surface area contributed by atoms with Gasteiger partial charge >= 0.3 is 0 Å². The second-order valence-electron chi connectivity index (χ2n) is 4.26. The summed E-state index contributed by atoms with van der Waals surface area (Å²) in [5, 5.41) is 3.49. The van der Waals surface area contributed by atoms with E-state index in [0.29, 0.717) is 15.8 Å². The van der Waals surface area contributed by atoms with Crippen LogP contribution in [-0.4, -0.2) is 12.5 Å². The largest absolute Gasteiger partial charge is 0.481 e. The fraction of sp³-hybridized carbons (Fsp3) is 0.133. The van der Waals surface area contributed by atoms with Gasteiger partial charge in [-0.25, -0.2) is 0 Å². The SMILES string of the molecule is Cc1cccc(NC(=O)COc2c(Cl)cccc2Cl)c1. The monoisotopic (exact) mass is 309 g/mol. The first kappa shape index (κ1) is 14.7. The van der Waals surface area contributed by atoms with Crippen LogP contribution in [0.15, 0.2) is 42.5 Å². The zero-order valence-corrected chi connectivity index (χ0v) is 12.3. The lowest BCUT2D eigenvalue weighted by Crippen LogP contribution is -2.20. The van der Waals surface area contributed by atoms with Gasteiger partial charge in [0.15, 0.2) is 12.4 Å². The average Bonchev–Trinajstić information content (AvgIpc) is 2.38. The molecule has 0 radical (unpaired) electrons. The van der Waals surface area contributed by atoms with E-state index in [9.17, 15) is 4.79 Å². The topological polar surface area (TPSA) is 38.3 Å². The molecule has 0 aliphatic carbocycles. The van der Waals surface area contributed by atoms with Crippen molar-refractivity contribution < 1.29 is 9.53 Å². The van der Waals surface area contributed by atoms with Gasteiger partial charge < -0.3 is 10.1 Å². The van der Waals surface area contributed by atoms with Crippen molar-refractivity contribution in [2.45, 2.75) is 6.92 Å². The number of nitrogens with one attached hydrogen (secondary N) is 1. The summed E-state index contributed by atoms with van der Waals surface area (Å²) < 4.78 is 5.36. The molecule has 1 N–H and O–H groups in total. The van der Waals surface area contributed by atoms with E-state index in [2.05, 4.69) is 5.32 Å². The molecule has 0 saturated heterocycles. The number of aryl methyl sites for hydroxylation is 1. The number of hydrogen-bond acceptors (Lipinski definition) is 2. The van der Waals surface area contributed by atoms with Crippen LogP contribution in [0.4, 0.5) is 5.69 Å². The van der Waals surface area contributed by atoms with Crippen molar-refractivity contribution in [3.63, 3.8) is 0 Å². The molecule has 0 saturated carbocycles. The van der Waals surface area contributed by atoms with E-state index in [0.717, 1.165) is 11.3 Å². The quantitative estimate of drug-likeness (QED) is 0.913. The van der Waals surface area contributed by atoms with Gasteiger partial charge in [0.1, 0.15) is 0 Å². The molecule has 3 nitrogen and oxygen atoms in total. The first-order valence-corrected chi connectivity index (χ1v) is 6.75. The van der Waals surface area contributed by atoms with Crippen molar-refractivity contribution in [3.8, 4) is 5.75 Å². The molecule has 0 aromatic heterocycles. The first-order chi connectivity index (χ1) is 9.56. The molecule has 5 heteroatoms. The van der Waals surface area contributed by atoms with Crippen LogP contribution in [0.2, 0.25) is 10.0 Å². The third-order valence-electron chi connectivity index (χ3n) is 2.57. The highest BCUT2D eigenvalue weighted by molar-refractivity contribution is 6.37. The number of ether oxygens (including phenoxy) is 1. The van der Waals surface area contributed by atoms with Crippen molar-refractivity contribution in [2.75, 3.05) is 11.9 Å². The van der Waals surface area contributed by atoms with Crippen LogP contribution < -0.4 is 10.1 Å². The molecule has 0 heterocycles. The molecule has 0 unspecified atom stereocenters. The minimum absolute atomic E-state index is 0.155. The summed E-state index contributed by atoms with van der Waals surface area (Å²) in [4.78, 5) is 11.8. The van der Waals surface area contributed by atoms with Crippen LogP contribution >= 0.6 is 23.2 Å². The Morgan fingerprint density at radius 1 is 1.15 bits per heavy atom. The summed E-state index contributed by atoms with van der Waals surface area (Å²) in [7, 11) is 0. The lowest BCUT2D eigenvalue weighted by molar-refractivity contribution is -0.118. The predicted octanol–water partition coefficient (Wildman–Crippen LogP) is 4.32. The summed E-state index contributed by atoms with van der Waals surface area (Å²) in [6.45, 7) is 1.80. The smallest absolute Gasteiger partial charge is 0.262 e. The molecule has 0 spiro atoms. The predicted molar refractivity (Wildman–Crippen MR) is 81.8 cm³/mol. The molecule has 2 aromatic carbocycles. The summed E-state index contributed by atoms with van der Waals surface area (Å²) in [6.07, 6.45) is 0. The molecular formula is C15H13Cl2NO2. The van der Waals surface area contributed by atoms with Crippen LogP contribution in [0.5, 0.6) is 5.75 Å². The molecule has 20 heavy (non-hydrogen) atoms. The molecule has 0 atom stereocenters. The number of para-hydroxylation sites is 1. The Labute approximate surface area is 127 Å². The highest BCUT2D eigenvalue weighted by Gasteiger charge is 2.09. The molecule has 0 aliphatic rings. The number of hydrogen-bond donors (Lipinski definition) is 1. The van der Waals surface area contributed by atoms with E-state index in [4.69, 9.17) is 27.9 Å². The first-order valence-electron chi connectivity index (χ1n) is 5.99. The number of amides is 1. The lowest BCUT2D eigenvalue weighted by atomic mass is 10.2. The minimum atomic E-state index is -0.272. The third-order valence-corrected chi connectivity index (χ3v) is 3.16. The molecule has 2 aromatic rings. The zero-order chi connectivity index (χ0) is 14.5. The second kappa shape index (κ2) is 6.64. The summed E-state index contributed by atoms with van der Waals surface area (Å²) in [5.41, 5.74) is 1.79. The van der Waals surface area contributed by atoms with Crippen molar-refractivity contribution in [1.29, 1.82) is 0 Å². The number of anilines is 1. The summed E-state index contributed by atoms with van der Waals surface area (Å²) >= 11 is 11.9. The van der Waals surface area contributed by atoms with Crippen LogP contribution in [-0.2, 0) is 4.79 Å². The van der Waals surface area contributed by atoms with Gasteiger partial charge in [0.05, 0.1) is 10.0 Å². The van der Waals surface area contributed by atoms with Crippen LogP contribution in [0, 0.1) is 6.92 Å². The Balaban J connectivity index is 1.96. The van der Waals surface area contributed by atoms with E-state index in [1.54, 1.807) is 18.2 Å². The van der Waals surface area contributed by atoms with Crippen molar-refractivity contribution >= 4 is 34.8 Å². The summed E-state index contributed by atoms with van der Waals surface area (Å²) in [6, 6.07) is 12.5. The number of benzene rings is 2. The lowest BCUT2D eigenvalue weighted by Gasteiger charge is -2.10. The van der Waals surface area contributed by atoms with Gasteiger partial charge in [-0.15, -0.1) is 0 Å². The maximum absolute atomic E-state index is 11.8. The Morgan fingerprint density at radius 3 is 2.45 bits per heavy atom. The Hall–Kier alpha value is -1.71. The second-order valence-corrected chi connectivity index (χ2v) is 5.07. The van der Waals surface area contributed by atoms with Gasteiger partial charge in [-0.2, -0.15) is 0 Å². The van der Waals surface area contributed by atoms with Gasteiger partial charge in [0, 0.05) is 5.69 Å². The van der Waals surface area contributed by atoms with Gasteiger partial charge in [-0.3, -0.25) is 4.79 Å². The Kier molecular flexibility index (Phi) is 4.88. The number of carbonyl (C=O) groups is 1. The number of halogens is 2. The van der Waals surface area contributed by atoms with Gasteiger partial charge in [-0.05, 0) is 36.8 Å². The highest BCUT2D eigenvalue weighted by atomic mass is 35.5. The van der Waals surface area contributed by atoms with Crippen molar-refractivity contribution in [3.05, 3.63) is 58.1 Å². The van der Waals surface area contributed by atoms with E-state index in [-0.39, 0.29) is 12.5 Å².